The van der Waals surface area contributed by atoms with Crippen LogP contribution >= 0.6 is 39.3 Å². The number of rotatable bonds is 5. The van der Waals surface area contributed by atoms with Gasteiger partial charge in [0.2, 0.25) is 0 Å². The van der Waals surface area contributed by atoms with Crippen molar-refractivity contribution in [3.8, 4) is 0 Å². The van der Waals surface area contributed by atoms with Crippen molar-refractivity contribution in [2.75, 3.05) is 12.0 Å². The molecule has 0 saturated carbocycles. The molecule has 0 saturated heterocycles. The lowest BCUT2D eigenvalue weighted by Crippen LogP contribution is -2.13. The van der Waals surface area contributed by atoms with Gasteiger partial charge >= 0.3 is 0 Å². The number of benzene rings is 1. The van der Waals surface area contributed by atoms with Crippen LogP contribution < -0.4 is 0 Å². The van der Waals surface area contributed by atoms with Crippen LogP contribution in [0.4, 0.5) is 0 Å². The molecule has 0 amide bonds. The van der Waals surface area contributed by atoms with Crippen molar-refractivity contribution < 1.29 is 0 Å². The average molecular weight is 348 g/mol. The van der Waals surface area contributed by atoms with Crippen molar-refractivity contribution in [2.24, 2.45) is 0 Å². The van der Waals surface area contributed by atoms with E-state index in [0.717, 1.165) is 28.0 Å². The zero-order valence-corrected chi connectivity index (χ0v) is 13.6. The van der Waals surface area contributed by atoms with Crippen LogP contribution in [0.15, 0.2) is 22.7 Å². The minimum Gasteiger partial charge on any atom is -0.323 e. The van der Waals surface area contributed by atoms with Gasteiger partial charge in [0, 0.05) is 16.3 Å². The highest BCUT2D eigenvalue weighted by Crippen LogP contribution is 2.28. The van der Waals surface area contributed by atoms with Crippen LogP contribution in [0.2, 0.25) is 0 Å². The molecule has 2 aromatic rings. The first-order valence-corrected chi connectivity index (χ1v) is 8.64. The summed E-state index contributed by atoms with van der Waals surface area (Å²) in [7, 11) is 0. The van der Waals surface area contributed by atoms with Gasteiger partial charge in [0.1, 0.15) is 5.82 Å². The zero-order chi connectivity index (χ0) is 13.1. The van der Waals surface area contributed by atoms with Crippen LogP contribution in [-0.4, -0.2) is 21.6 Å². The first-order chi connectivity index (χ1) is 8.71. The van der Waals surface area contributed by atoms with E-state index in [9.17, 15) is 0 Å². The normalized spacial score (nSPS) is 13.1. The fourth-order valence-corrected chi connectivity index (χ4v) is 3.50. The molecule has 5 heteroatoms. The molecular weight excluding hydrogens is 332 g/mol. The molecule has 0 radical (unpaired) electrons. The number of nitrogens with zero attached hydrogens (tertiary/aromatic N) is 2. The van der Waals surface area contributed by atoms with Crippen molar-refractivity contribution in [3.63, 3.8) is 0 Å². The van der Waals surface area contributed by atoms with Crippen molar-refractivity contribution in [1.82, 2.24) is 9.55 Å². The van der Waals surface area contributed by atoms with Gasteiger partial charge in [-0.3, -0.25) is 0 Å². The van der Waals surface area contributed by atoms with Gasteiger partial charge in [-0.2, -0.15) is 11.8 Å². The summed E-state index contributed by atoms with van der Waals surface area (Å²) in [5.41, 5.74) is 2.19. The highest BCUT2D eigenvalue weighted by Gasteiger charge is 2.17. The van der Waals surface area contributed by atoms with E-state index in [4.69, 9.17) is 11.6 Å². The van der Waals surface area contributed by atoms with Gasteiger partial charge in [-0.15, -0.1) is 11.6 Å². The Bertz CT molecular complexity index is 541. The SMILES string of the molecule is CCC(CSC)n1c(CCl)nc2cc(Br)ccc21. The second kappa shape index (κ2) is 6.31. The third-order valence-electron chi connectivity index (χ3n) is 3.04. The van der Waals surface area contributed by atoms with Crippen LogP contribution in [0.5, 0.6) is 0 Å². The Hall–Kier alpha value is -0.190. The number of imidazole rings is 1. The lowest BCUT2D eigenvalue weighted by atomic mass is 10.2. The number of hydrogen-bond acceptors (Lipinski definition) is 2. The molecule has 2 rings (SSSR count). The predicted molar refractivity (Wildman–Crippen MR) is 84.7 cm³/mol. The first kappa shape index (κ1) is 14.2. The largest absolute Gasteiger partial charge is 0.323 e. The molecule has 0 aliphatic rings. The summed E-state index contributed by atoms with van der Waals surface area (Å²) in [5.74, 6) is 2.50. The predicted octanol–water partition coefficient (Wildman–Crippen LogP) is 4.85. The van der Waals surface area contributed by atoms with Crippen molar-refractivity contribution >= 4 is 50.3 Å². The smallest absolute Gasteiger partial charge is 0.125 e. The summed E-state index contributed by atoms with van der Waals surface area (Å²) in [5, 5.41) is 0. The van der Waals surface area contributed by atoms with Gasteiger partial charge in [0.05, 0.1) is 16.9 Å². The molecule has 0 bridgehead atoms. The van der Waals surface area contributed by atoms with Gasteiger partial charge in [-0.25, -0.2) is 4.98 Å². The molecule has 1 heterocycles. The lowest BCUT2D eigenvalue weighted by molar-refractivity contribution is 0.538. The third kappa shape index (κ3) is 2.70. The highest BCUT2D eigenvalue weighted by atomic mass is 79.9. The zero-order valence-electron chi connectivity index (χ0n) is 10.5. The molecule has 0 aliphatic carbocycles. The number of aromatic nitrogens is 2. The maximum atomic E-state index is 6.04. The Balaban J connectivity index is 2.58. The Labute approximate surface area is 125 Å². The Morgan fingerprint density at radius 2 is 2.28 bits per heavy atom. The van der Waals surface area contributed by atoms with E-state index in [1.165, 1.54) is 5.52 Å². The molecule has 98 valence electrons. The molecule has 1 aromatic heterocycles. The average Bonchev–Trinajstić information content (AvgIpc) is 2.73. The van der Waals surface area contributed by atoms with E-state index in [0.29, 0.717) is 11.9 Å². The molecule has 0 aliphatic heterocycles. The Kier molecular flexibility index (Phi) is 4.98. The Morgan fingerprint density at radius 1 is 1.50 bits per heavy atom. The van der Waals surface area contributed by atoms with Crippen LogP contribution in [-0.2, 0) is 5.88 Å². The second-order valence-corrected chi connectivity index (χ2v) is 6.28. The minimum atomic E-state index is 0.456. The summed E-state index contributed by atoms with van der Waals surface area (Å²) in [6.45, 7) is 2.21. The maximum Gasteiger partial charge on any atom is 0.125 e. The van der Waals surface area contributed by atoms with Crippen LogP contribution in [0, 0.1) is 0 Å². The van der Waals surface area contributed by atoms with Crippen LogP contribution in [0.25, 0.3) is 11.0 Å². The molecule has 2 nitrogen and oxygen atoms in total. The molecule has 0 fully saturated rings. The maximum absolute atomic E-state index is 6.04. The number of thioether (sulfide) groups is 1. The van der Waals surface area contributed by atoms with Gasteiger partial charge < -0.3 is 4.57 Å². The number of hydrogen-bond donors (Lipinski definition) is 0. The topological polar surface area (TPSA) is 17.8 Å². The fraction of sp³-hybridized carbons (Fsp3) is 0.462. The standard InChI is InChI=1S/C13H16BrClN2S/c1-3-10(8-18-2)17-12-5-4-9(14)6-11(12)16-13(17)7-15/h4-6,10H,3,7-8H2,1-2H3. The van der Waals surface area contributed by atoms with E-state index in [1.807, 2.05) is 17.8 Å². The van der Waals surface area contributed by atoms with E-state index in [1.54, 1.807) is 0 Å². The van der Waals surface area contributed by atoms with E-state index < -0.39 is 0 Å². The number of halogens is 2. The summed E-state index contributed by atoms with van der Waals surface area (Å²) in [6, 6.07) is 6.68. The van der Waals surface area contributed by atoms with Crippen LogP contribution in [0.3, 0.4) is 0 Å². The quantitative estimate of drug-likeness (QED) is 0.719. The minimum absolute atomic E-state index is 0.456. The third-order valence-corrected chi connectivity index (χ3v) is 4.49. The summed E-state index contributed by atoms with van der Waals surface area (Å²) in [4.78, 5) is 4.63. The van der Waals surface area contributed by atoms with E-state index in [2.05, 4.69) is 50.8 Å². The summed E-state index contributed by atoms with van der Waals surface area (Å²) >= 11 is 11.4. The molecule has 0 spiro atoms. The van der Waals surface area contributed by atoms with E-state index in [-0.39, 0.29) is 0 Å². The summed E-state index contributed by atoms with van der Waals surface area (Å²) < 4.78 is 3.35. The van der Waals surface area contributed by atoms with E-state index >= 15 is 0 Å². The van der Waals surface area contributed by atoms with Gasteiger partial charge in [0.15, 0.2) is 0 Å². The molecule has 1 aromatic carbocycles. The van der Waals surface area contributed by atoms with Crippen molar-refractivity contribution in [3.05, 3.63) is 28.5 Å². The van der Waals surface area contributed by atoms with Crippen molar-refractivity contribution in [1.29, 1.82) is 0 Å². The summed E-state index contributed by atoms with van der Waals surface area (Å²) in [6.07, 6.45) is 3.23. The van der Waals surface area contributed by atoms with Gasteiger partial charge in [-0.1, -0.05) is 22.9 Å². The van der Waals surface area contributed by atoms with Gasteiger partial charge in [0.25, 0.3) is 0 Å². The molecule has 1 atom stereocenters. The molecule has 18 heavy (non-hydrogen) atoms. The molecule has 1 unspecified atom stereocenters. The van der Waals surface area contributed by atoms with Gasteiger partial charge in [-0.05, 0) is 30.9 Å². The monoisotopic (exact) mass is 346 g/mol. The van der Waals surface area contributed by atoms with Crippen molar-refractivity contribution in [2.45, 2.75) is 25.3 Å². The highest BCUT2D eigenvalue weighted by molar-refractivity contribution is 9.10. The molecular formula is C13H16BrClN2S. The van der Waals surface area contributed by atoms with Crippen LogP contribution in [0.1, 0.15) is 25.2 Å². The Morgan fingerprint density at radius 3 is 2.89 bits per heavy atom. The second-order valence-electron chi connectivity index (χ2n) is 4.18. The number of fused-ring (bicyclic) bond motifs is 1. The first-order valence-electron chi connectivity index (χ1n) is 5.92. The fourth-order valence-electron chi connectivity index (χ4n) is 2.19. The lowest BCUT2D eigenvalue weighted by Gasteiger charge is -2.18. The number of alkyl halides is 1. The molecule has 0 N–H and O–H groups in total.